The Balaban J connectivity index is 2.24. The maximum atomic E-state index is 13.6. The molecule has 0 aromatic heterocycles. The van der Waals surface area contributed by atoms with Crippen molar-refractivity contribution in [1.82, 2.24) is 5.43 Å². The first-order valence-electron chi connectivity index (χ1n) is 6.46. The van der Waals surface area contributed by atoms with Crippen LogP contribution >= 0.6 is 15.9 Å². The average Bonchev–Trinajstić information content (AvgIpc) is 2.53. The maximum absolute atomic E-state index is 13.6. The summed E-state index contributed by atoms with van der Waals surface area (Å²) in [6.45, 7) is 0. The van der Waals surface area contributed by atoms with Gasteiger partial charge in [0.05, 0.1) is 16.1 Å². The van der Waals surface area contributed by atoms with E-state index in [1.165, 1.54) is 12.1 Å². The summed E-state index contributed by atoms with van der Waals surface area (Å²) < 4.78 is 51.9. The molecule has 2 aromatic carbocycles. The van der Waals surface area contributed by atoms with Crippen molar-refractivity contribution in [2.45, 2.75) is 6.18 Å². The highest BCUT2D eigenvalue weighted by Crippen LogP contribution is 2.34. The highest BCUT2D eigenvalue weighted by molar-refractivity contribution is 9.10. The van der Waals surface area contributed by atoms with Gasteiger partial charge >= 0.3 is 6.18 Å². The number of alkyl halides is 3. The lowest BCUT2D eigenvalue weighted by atomic mass is 10.1. The molecule has 25 heavy (non-hydrogen) atoms. The number of halogens is 5. The van der Waals surface area contributed by atoms with Crippen LogP contribution in [0.4, 0.5) is 28.9 Å². The number of hydrogen-bond donors (Lipinski definition) is 2. The number of benzene rings is 2. The SMILES string of the molecule is O=C(NNc1ccc(C(F)(F)F)cc1[N+](=O)[O-])c1cc(Br)ccc1F. The normalized spacial score (nSPS) is 11.1. The quantitative estimate of drug-likeness (QED) is 0.438. The fourth-order valence-corrected chi connectivity index (χ4v) is 2.19. The van der Waals surface area contributed by atoms with Gasteiger partial charge in [0.2, 0.25) is 0 Å². The molecule has 2 N–H and O–H groups in total. The van der Waals surface area contributed by atoms with Crippen LogP contribution in [0, 0.1) is 15.9 Å². The van der Waals surface area contributed by atoms with Gasteiger partial charge in [-0.1, -0.05) is 15.9 Å². The second-order valence-corrected chi connectivity index (χ2v) is 5.61. The Bertz CT molecular complexity index is 843. The Labute approximate surface area is 146 Å². The van der Waals surface area contributed by atoms with Gasteiger partial charge in [-0.3, -0.25) is 25.8 Å². The first-order valence-corrected chi connectivity index (χ1v) is 7.26. The summed E-state index contributed by atoms with van der Waals surface area (Å²) >= 11 is 3.05. The minimum absolute atomic E-state index is 0.328. The van der Waals surface area contributed by atoms with E-state index < -0.39 is 34.1 Å². The fraction of sp³-hybridized carbons (Fsp3) is 0.0714. The molecular formula is C14H8BrF4N3O3. The summed E-state index contributed by atoms with van der Waals surface area (Å²) in [6, 6.07) is 5.29. The number of amides is 1. The summed E-state index contributed by atoms with van der Waals surface area (Å²) in [4.78, 5) is 21.8. The van der Waals surface area contributed by atoms with Gasteiger partial charge in [-0.25, -0.2) is 4.39 Å². The van der Waals surface area contributed by atoms with Crippen molar-refractivity contribution in [3.05, 3.63) is 67.9 Å². The van der Waals surface area contributed by atoms with Gasteiger partial charge < -0.3 is 0 Å². The number of hydrazine groups is 1. The van der Waals surface area contributed by atoms with Gasteiger partial charge in [0, 0.05) is 10.5 Å². The van der Waals surface area contributed by atoms with E-state index in [4.69, 9.17) is 0 Å². The second kappa shape index (κ2) is 7.05. The molecule has 0 saturated carbocycles. The minimum atomic E-state index is -4.76. The number of carbonyl (C=O) groups is 1. The Kier molecular flexibility index (Phi) is 5.26. The largest absolute Gasteiger partial charge is 0.416 e. The molecule has 0 saturated heterocycles. The molecule has 0 unspecified atom stereocenters. The molecule has 0 aliphatic rings. The molecule has 0 fully saturated rings. The van der Waals surface area contributed by atoms with Gasteiger partial charge in [-0.05, 0) is 30.3 Å². The van der Waals surface area contributed by atoms with Crippen LogP contribution in [0.1, 0.15) is 15.9 Å². The van der Waals surface area contributed by atoms with Crippen LogP contribution in [0.15, 0.2) is 40.9 Å². The summed E-state index contributed by atoms with van der Waals surface area (Å²) in [7, 11) is 0. The topological polar surface area (TPSA) is 84.3 Å². The third-order valence-electron chi connectivity index (χ3n) is 3.01. The number of rotatable bonds is 4. The molecule has 0 aliphatic heterocycles. The Morgan fingerprint density at radius 1 is 1.16 bits per heavy atom. The van der Waals surface area contributed by atoms with E-state index in [0.29, 0.717) is 16.6 Å². The van der Waals surface area contributed by atoms with Gasteiger partial charge in [0.25, 0.3) is 11.6 Å². The fourth-order valence-electron chi connectivity index (χ4n) is 1.83. The van der Waals surface area contributed by atoms with Crippen molar-refractivity contribution in [2.75, 3.05) is 5.43 Å². The molecule has 0 atom stereocenters. The smallest absolute Gasteiger partial charge is 0.292 e. The van der Waals surface area contributed by atoms with Gasteiger partial charge in [0.15, 0.2) is 0 Å². The molecule has 2 rings (SSSR count). The predicted octanol–water partition coefficient (Wildman–Crippen LogP) is 4.27. The lowest BCUT2D eigenvalue weighted by Gasteiger charge is -2.12. The highest BCUT2D eigenvalue weighted by Gasteiger charge is 2.33. The summed E-state index contributed by atoms with van der Waals surface area (Å²) in [5.41, 5.74) is 1.27. The first kappa shape index (κ1) is 18.6. The van der Waals surface area contributed by atoms with E-state index in [9.17, 15) is 32.5 Å². The molecule has 0 heterocycles. The third kappa shape index (κ3) is 4.44. The summed E-state index contributed by atoms with van der Waals surface area (Å²) in [6.07, 6.45) is -4.76. The van der Waals surface area contributed by atoms with Crippen LogP contribution in [-0.4, -0.2) is 10.8 Å². The first-order chi connectivity index (χ1) is 11.6. The van der Waals surface area contributed by atoms with Crippen molar-refractivity contribution in [1.29, 1.82) is 0 Å². The molecule has 6 nitrogen and oxygen atoms in total. The van der Waals surface area contributed by atoms with Crippen LogP contribution in [0.3, 0.4) is 0 Å². The lowest BCUT2D eigenvalue weighted by molar-refractivity contribution is -0.384. The van der Waals surface area contributed by atoms with Crippen LogP contribution in [0.2, 0.25) is 0 Å². The second-order valence-electron chi connectivity index (χ2n) is 4.69. The number of nitro groups is 1. The molecule has 0 radical (unpaired) electrons. The van der Waals surface area contributed by atoms with E-state index in [0.717, 1.165) is 12.1 Å². The van der Waals surface area contributed by atoms with Crippen LogP contribution < -0.4 is 10.9 Å². The Morgan fingerprint density at radius 3 is 2.44 bits per heavy atom. The van der Waals surface area contributed by atoms with E-state index >= 15 is 0 Å². The molecule has 0 aliphatic carbocycles. The average molecular weight is 422 g/mol. The van der Waals surface area contributed by atoms with Gasteiger partial charge in [-0.15, -0.1) is 0 Å². The maximum Gasteiger partial charge on any atom is 0.416 e. The Hall–Kier alpha value is -2.69. The standard InChI is InChI=1S/C14H8BrF4N3O3/c15-8-2-3-10(16)9(6-8)13(23)21-20-11-4-1-7(14(17,18)19)5-12(11)22(24)25/h1-6,20H,(H,21,23). The lowest BCUT2D eigenvalue weighted by Crippen LogP contribution is -2.30. The number of nitrogens with zero attached hydrogens (tertiary/aromatic N) is 1. The molecule has 0 bridgehead atoms. The number of anilines is 1. The van der Waals surface area contributed by atoms with E-state index in [1.54, 1.807) is 0 Å². The third-order valence-corrected chi connectivity index (χ3v) is 3.50. The Morgan fingerprint density at radius 2 is 1.84 bits per heavy atom. The molecule has 0 spiro atoms. The molecule has 2 aromatic rings. The minimum Gasteiger partial charge on any atom is -0.292 e. The van der Waals surface area contributed by atoms with Crippen molar-refractivity contribution in [3.63, 3.8) is 0 Å². The zero-order chi connectivity index (χ0) is 18.8. The van der Waals surface area contributed by atoms with E-state index in [2.05, 4.69) is 21.4 Å². The zero-order valence-electron chi connectivity index (χ0n) is 12.0. The molecular weight excluding hydrogens is 414 g/mol. The summed E-state index contributed by atoms with van der Waals surface area (Å²) in [5.74, 6) is -1.81. The number of nitrogens with one attached hydrogen (secondary N) is 2. The number of hydrogen-bond acceptors (Lipinski definition) is 4. The van der Waals surface area contributed by atoms with E-state index in [-0.39, 0.29) is 11.3 Å². The van der Waals surface area contributed by atoms with Crippen LogP contribution in [-0.2, 0) is 6.18 Å². The van der Waals surface area contributed by atoms with Crippen molar-refractivity contribution in [2.24, 2.45) is 0 Å². The highest BCUT2D eigenvalue weighted by atomic mass is 79.9. The van der Waals surface area contributed by atoms with Crippen LogP contribution in [0.25, 0.3) is 0 Å². The summed E-state index contributed by atoms with van der Waals surface area (Å²) in [5, 5.41) is 10.9. The van der Waals surface area contributed by atoms with Crippen molar-refractivity contribution < 1.29 is 27.3 Å². The monoisotopic (exact) mass is 421 g/mol. The molecule has 1 amide bonds. The van der Waals surface area contributed by atoms with Gasteiger partial charge in [-0.2, -0.15) is 13.2 Å². The predicted molar refractivity (Wildman–Crippen MR) is 83.3 cm³/mol. The number of carbonyl (C=O) groups excluding carboxylic acids is 1. The zero-order valence-corrected chi connectivity index (χ0v) is 13.6. The van der Waals surface area contributed by atoms with E-state index in [1.807, 2.05) is 5.43 Å². The molecule has 132 valence electrons. The molecule has 11 heteroatoms. The van der Waals surface area contributed by atoms with Crippen molar-refractivity contribution in [3.8, 4) is 0 Å². The van der Waals surface area contributed by atoms with Crippen LogP contribution in [0.5, 0.6) is 0 Å². The number of nitro benzene ring substituents is 1. The van der Waals surface area contributed by atoms with Gasteiger partial charge in [0.1, 0.15) is 11.5 Å². The van der Waals surface area contributed by atoms with Crippen molar-refractivity contribution >= 4 is 33.2 Å².